The molecule has 0 aromatic heterocycles. The number of hydrogen-bond donors (Lipinski definition) is 2. The zero-order valence-corrected chi connectivity index (χ0v) is 16.7. The Labute approximate surface area is 166 Å². The van der Waals surface area contributed by atoms with Gasteiger partial charge in [0.1, 0.15) is 5.75 Å². The van der Waals surface area contributed by atoms with Crippen LogP contribution in [-0.2, 0) is 16.0 Å². The van der Waals surface area contributed by atoms with Gasteiger partial charge >= 0.3 is 6.09 Å². The molecule has 2 aromatic carbocycles. The molecule has 2 amide bonds. The highest BCUT2D eigenvalue weighted by molar-refractivity contribution is 5.92. The minimum absolute atomic E-state index is 0.106. The maximum atomic E-state index is 12.3. The summed E-state index contributed by atoms with van der Waals surface area (Å²) < 4.78 is 10.7. The molecule has 28 heavy (non-hydrogen) atoms. The number of aryl methyl sites for hydroxylation is 1. The van der Waals surface area contributed by atoms with E-state index >= 15 is 0 Å². The average molecular weight is 384 g/mol. The predicted octanol–water partition coefficient (Wildman–Crippen LogP) is 4.86. The zero-order chi connectivity index (χ0) is 20.4. The van der Waals surface area contributed by atoms with Crippen molar-refractivity contribution in [3.05, 3.63) is 54.1 Å². The van der Waals surface area contributed by atoms with Crippen LogP contribution >= 0.6 is 0 Å². The largest absolute Gasteiger partial charge is 0.494 e. The van der Waals surface area contributed by atoms with Crippen molar-refractivity contribution in [1.82, 2.24) is 0 Å². The van der Waals surface area contributed by atoms with E-state index in [-0.39, 0.29) is 11.8 Å². The number of ether oxygens (including phenoxy) is 2. The van der Waals surface area contributed by atoms with E-state index in [0.717, 1.165) is 11.3 Å². The molecular formula is C22H28N2O4. The van der Waals surface area contributed by atoms with Gasteiger partial charge in [-0.3, -0.25) is 10.1 Å². The van der Waals surface area contributed by atoms with Crippen molar-refractivity contribution in [1.29, 1.82) is 0 Å². The monoisotopic (exact) mass is 384 g/mol. The van der Waals surface area contributed by atoms with Gasteiger partial charge in [-0.2, -0.15) is 0 Å². The standard InChI is InChI=1S/C22H28N2O4/c1-4-27-20-11-6-5-8-17(20)12-13-21(25)23-18-9-7-10-19(14-18)24-22(26)28-15-16(2)3/h5-11,14,16H,4,12-13,15H2,1-3H3,(H,23,25)(H,24,26). The minimum atomic E-state index is -0.510. The molecule has 2 aromatic rings. The van der Waals surface area contributed by atoms with Gasteiger partial charge in [0.2, 0.25) is 5.91 Å². The Morgan fingerprint density at radius 1 is 1.00 bits per heavy atom. The summed E-state index contributed by atoms with van der Waals surface area (Å²) in [5.74, 6) is 0.971. The van der Waals surface area contributed by atoms with E-state index in [0.29, 0.717) is 37.4 Å². The van der Waals surface area contributed by atoms with Crippen molar-refractivity contribution < 1.29 is 19.1 Å². The van der Waals surface area contributed by atoms with Crippen molar-refractivity contribution in [2.75, 3.05) is 23.8 Å². The first-order valence-electron chi connectivity index (χ1n) is 9.52. The summed E-state index contributed by atoms with van der Waals surface area (Å²) in [5, 5.41) is 5.52. The highest BCUT2D eigenvalue weighted by Crippen LogP contribution is 2.20. The lowest BCUT2D eigenvalue weighted by Gasteiger charge is -2.11. The zero-order valence-electron chi connectivity index (χ0n) is 16.7. The van der Waals surface area contributed by atoms with Crippen molar-refractivity contribution in [2.45, 2.75) is 33.6 Å². The first kappa shape index (κ1) is 21.3. The van der Waals surface area contributed by atoms with E-state index in [9.17, 15) is 9.59 Å². The van der Waals surface area contributed by atoms with E-state index in [4.69, 9.17) is 9.47 Å². The lowest BCUT2D eigenvalue weighted by Crippen LogP contribution is -2.17. The third-order valence-electron chi connectivity index (χ3n) is 3.83. The van der Waals surface area contributed by atoms with Crippen LogP contribution in [-0.4, -0.2) is 25.2 Å². The van der Waals surface area contributed by atoms with Crippen LogP contribution in [0.25, 0.3) is 0 Å². The molecule has 6 nitrogen and oxygen atoms in total. The number of nitrogens with one attached hydrogen (secondary N) is 2. The van der Waals surface area contributed by atoms with E-state index in [1.165, 1.54) is 0 Å². The number of carbonyl (C=O) groups is 2. The van der Waals surface area contributed by atoms with Gasteiger partial charge in [-0.1, -0.05) is 38.1 Å². The highest BCUT2D eigenvalue weighted by atomic mass is 16.5. The number of rotatable bonds is 9. The fraction of sp³-hybridized carbons (Fsp3) is 0.364. The number of benzene rings is 2. The van der Waals surface area contributed by atoms with Crippen LogP contribution in [0, 0.1) is 5.92 Å². The molecule has 0 aliphatic rings. The molecule has 0 bridgehead atoms. The molecule has 2 rings (SSSR count). The van der Waals surface area contributed by atoms with Crippen molar-refractivity contribution in [3.8, 4) is 5.75 Å². The second kappa shape index (κ2) is 11.0. The lowest BCUT2D eigenvalue weighted by atomic mass is 10.1. The number of amides is 2. The summed E-state index contributed by atoms with van der Waals surface area (Å²) in [5.41, 5.74) is 2.18. The summed E-state index contributed by atoms with van der Waals surface area (Å²) >= 11 is 0. The van der Waals surface area contributed by atoms with E-state index < -0.39 is 6.09 Å². The van der Waals surface area contributed by atoms with E-state index in [1.54, 1.807) is 24.3 Å². The number of hydrogen-bond acceptors (Lipinski definition) is 4. The van der Waals surface area contributed by atoms with Gasteiger partial charge in [0.25, 0.3) is 0 Å². The van der Waals surface area contributed by atoms with Gasteiger partial charge in [-0.25, -0.2) is 4.79 Å². The molecule has 0 heterocycles. The smallest absolute Gasteiger partial charge is 0.411 e. The molecule has 150 valence electrons. The molecule has 0 aliphatic heterocycles. The maximum absolute atomic E-state index is 12.3. The predicted molar refractivity (Wildman–Crippen MR) is 111 cm³/mol. The Morgan fingerprint density at radius 3 is 2.43 bits per heavy atom. The van der Waals surface area contributed by atoms with Crippen LogP contribution < -0.4 is 15.4 Å². The molecule has 0 fully saturated rings. The molecule has 0 spiro atoms. The van der Waals surface area contributed by atoms with Gasteiger partial charge < -0.3 is 14.8 Å². The van der Waals surface area contributed by atoms with Crippen LogP contribution in [0.3, 0.4) is 0 Å². The van der Waals surface area contributed by atoms with Crippen LogP contribution in [0.1, 0.15) is 32.8 Å². The first-order valence-corrected chi connectivity index (χ1v) is 9.52. The Morgan fingerprint density at radius 2 is 1.71 bits per heavy atom. The fourth-order valence-electron chi connectivity index (χ4n) is 2.55. The Balaban J connectivity index is 1.88. The molecular weight excluding hydrogens is 356 g/mol. The van der Waals surface area contributed by atoms with E-state index in [2.05, 4.69) is 10.6 Å². The van der Waals surface area contributed by atoms with Crippen LogP contribution in [0.5, 0.6) is 5.75 Å². The number of para-hydroxylation sites is 1. The summed E-state index contributed by atoms with van der Waals surface area (Å²) in [6.45, 7) is 6.81. The second-order valence-corrected chi connectivity index (χ2v) is 6.79. The van der Waals surface area contributed by atoms with Gasteiger partial charge in [0.15, 0.2) is 0 Å². The molecule has 0 saturated carbocycles. The molecule has 0 unspecified atom stereocenters. The summed E-state index contributed by atoms with van der Waals surface area (Å²) in [6.07, 6.45) is 0.407. The minimum Gasteiger partial charge on any atom is -0.494 e. The fourth-order valence-corrected chi connectivity index (χ4v) is 2.55. The quantitative estimate of drug-likeness (QED) is 0.647. The molecule has 0 radical (unpaired) electrons. The van der Waals surface area contributed by atoms with Crippen LogP contribution in [0.15, 0.2) is 48.5 Å². The van der Waals surface area contributed by atoms with Crippen molar-refractivity contribution in [3.63, 3.8) is 0 Å². The van der Waals surface area contributed by atoms with Crippen LogP contribution in [0.4, 0.5) is 16.2 Å². The van der Waals surface area contributed by atoms with E-state index in [1.807, 2.05) is 45.0 Å². The first-order chi connectivity index (χ1) is 13.5. The topological polar surface area (TPSA) is 76.7 Å². The van der Waals surface area contributed by atoms with Crippen molar-refractivity contribution in [2.24, 2.45) is 5.92 Å². The molecule has 2 N–H and O–H groups in total. The van der Waals surface area contributed by atoms with Gasteiger partial charge in [-0.05, 0) is 49.1 Å². The molecule has 0 saturated heterocycles. The average Bonchev–Trinajstić information content (AvgIpc) is 2.66. The Kier molecular flexibility index (Phi) is 8.34. The highest BCUT2D eigenvalue weighted by Gasteiger charge is 2.09. The third-order valence-corrected chi connectivity index (χ3v) is 3.83. The molecule has 0 atom stereocenters. The summed E-state index contributed by atoms with van der Waals surface area (Å²) in [7, 11) is 0. The molecule has 0 aliphatic carbocycles. The van der Waals surface area contributed by atoms with Gasteiger partial charge in [-0.15, -0.1) is 0 Å². The second-order valence-electron chi connectivity index (χ2n) is 6.79. The maximum Gasteiger partial charge on any atom is 0.411 e. The number of carbonyl (C=O) groups excluding carboxylic acids is 2. The lowest BCUT2D eigenvalue weighted by molar-refractivity contribution is -0.116. The third kappa shape index (κ3) is 7.31. The Bertz CT molecular complexity index is 790. The molecule has 6 heteroatoms. The van der Waals surface area contributed by atoms with Crippen molar-refractivity contribution >= 4 is 23.4 Å². The van der Waals surface area contributed by atoms with Gasteiger partial charge in [0, 0.05) is 17.8 Å². The number of anilines is 2. The SMILES string of the molecule is CCOc1ccccc1CCC(=O)Nc1cccc(NC(=O)OCC(C)C)c1. The normalized spacial score (nSPS) is 10.4. The summed E-state index contributed by atoms with van der Waals surface area (Å²) in [6, 6.07) is 14.7. The summed E-state index contributed by atoms with van der Waals surface area (Å²) in [4.78, 5) is 24.1. The van der Waals surface area contributed by atoms with Crippen LogP contribution in [0.2, 0.25) is 0 Å². The Hall–Kier alpha value is -3.02. The van der Waals surface area contributed by atoms with Gasteiger partial charge in [0.05, 0.1) is 13.2 Å².